The van der Waals surface area contributed by atoms with E-state index in [1.165, 1.54) is 3.97 Å². The van der Waals surface area contributed by atoms with Crippen LogP contribution in [0.5, 0.6) is 0 Å². The Bertz CT molecular complexity index is 970. The Kier molecular flexibility index (Phi) is 3.81. The van der Waals surface area contributed by atoms with Crippen LogP contribution in [0.3, 0.4) is 0 Å². The molecule has 0 saturated carbocycles. The topological polar surface area (TPSA) is 39.1 Å². The molecule has 0 amide bonds. The number of hydrogen-bond donors (Lipinski definition) is 0. The quantitative estimate of drug-likeness (QED) is 0.571. The van der Waals surface area contributed by atoms with Crippen molar-refractivity contribution in [3.05, 3.63) is 62.9 Å². The zero-order valence-corrected chi connectivity index (χ0v) is 15.6. The SMILES string of the molecule is Cc1ccc(S(=O)(=O)n2c(C)c(C)c3c(I)cccc32)cc1. The molecule has 114 valence electrons. The number of benzene rings is 2. The van der Waals surface area contributed by atoms with Crippen molar-refractivity contribution in [3.63, 3.8) is 0 Å². The Hall–Kier alpha value is -1.34. The third kappa shape index (κ3) is 2.27. The molecule has 3 rings (SSSR count). The summed E-state index contributed by atoms with van der Waals surface area (Å²) in [5, 5.41) is 1.01. The van der Waals surface area contributed by atoms with Gasteiger partial charge in [-0.3, -0.25) is 0 Å². The standard InChI is InChI=1S/C17H16INO2S/c1-11-7-9-14(10-8-11)22(20,21)19-13(3)12(2)17-15(18)5-4-6-16(17)19/h4-10H,1-3H3. The van der Waals surface area contributed by atoms with E-state index in [4.69, 9.17) is 0 Å². The summed E-state index contributed by atoms with van der Waals surface area (Å²) >= 11 is 2.25. The molecule has 1 heterocycles. The van der Waals surface area contributed by atoms with E-state index in [1.54, 1.807) is 12.1 Å². The number of halogens is 1. The van der Waals surface area contributed by atoms with Gasteiger partial charge < -0.3 is 0 Å². The highest BCUT2D eigenvalue weighted by molar-refractivity contribution is 14.1. The highest BCUT2D eigenvalue weighted by Gasteiger charge is 2.24. The maximum absolute atomic E-state index is 13.1. The Morgan fingerprint density at radius 1 is 0.955 bits per heavy atom. The van der Waals surface area contributed by atoms with Crippen molar-refractivity contribution < 1.29 is 8.42 Å². The van der Waals surface area contributed by atoms with Crippen LogP contribution in [0, 0.1) is 24.3 Å². The van der Waals surface area contributed by atoms with E-state index in [9.17, 15) is 8.42 Å². The molecule has 22 heavy (non-hydrogen) atoms. The Morgan fingerprint density at radius 2 is 1.59 bits per heavy atom. The largest absolute Gasteiger partial charge is 0.268 e. The van der Waals surface area contributed by atoms with Gasteiger partial charge in [0.1, 0.15) is 0 Å². The van der Waals surface area contributed by atoms with Crippen LogP contribution < -0.4 is 0 Å². The van der Waals surface area contributed by atoms with Crippen molar-refractivity contribution in [1.82, 2.24) is 3.97 Å². The molecule has 0 radical (unpaired) electrons. The molecule has 0 N–H and O–H groups in total. The van der Waals surface area contributed by atoms with Crippen molar-refractivity contribution in [2.75, 3.05) is 0 Å². The fraction of sp³-hybridized carbons (Fsp3) is 0.176. The number of aromatic nitrogens is 1. The van der Waals surface area contributed by atoms with Crippen molar-refractivity contribution >= 4 is 43.5 Å². The van der Waals surface area contributed by atoms with E-state index < -0.39 is 10.0 Å². The fourth-order valence-electron chi connectivity index (χ4n) is 2.69. The zero-order chi connectivity index (χ0) is 16.1. The first kappa shape index (κ1) is 15.6. The Labute approximate surface area is 144 Å². The van der Waals surface area contributed by atoms with Crippen LogP contribution in [0.15, 0.2) is 47.4 Å². The number of rotatable bonds is 2. The van der Waals surface area contributed by atoms with Crippen molar-refractivity contribution in [1.29, 1.82) is 0 Å². The second-order valence-corrected chi connectivity index (χ2v) is 8.38. The Balaban J connectivity index is 2.37. The van der Waals surface area contributed by atoms with Crippen molar-refractivity contribution in [3.8, 4) is 0 Å². The zero-order valence-electron chi connectivity index (χ0n) is 12.6. The van der Waals surface area contributed by atoms with Gasteiger partial charge in [-0.05, 0) is 73.2 Å². The van der Waals surface area contributed by atoms with E-state index in [0.717, 1.165) is 31.3 Å². The lowest BCUT2D eigenvalue weighted by Crippen LogP contribution is -2.14. The molecule has 0 bridgehead atoms. The maximum atomic E-state index is 13.1. The fourth-order valence-corrected chi connectivity index (χ4v) is 5.18. The van der Waals surface area contributed by atoms with Gasteiger partial charge in [0, 0.05) is 14.7 Å². The normalized spacial score (nSPS) is 12.0. The minimum atomic E-state index is -3.60. The van der Waals surface area contributed by atoms with Crippen molar-refractivity contribution in [2.45, 2.75) is 25.7 Å². The average molecular weight is 425 g/mol. The van der Waals surface area contributed by atoms with Gasteiger partial charge in [-0.2, -0.15) is 0 Å². The number of aryl methyl sites for hydroxylation is 2. The molecule has 5 heteroatoms. The van der Waals surface area contributed by atoms with E-state index in [-0.39, 0.29) is 0 Å². The molecular formula is C17H16INO2S. The van der Waals surface area contributed by atoms with Crippen LogP contribution in [0.1, 0.15) is 16.8 Å². The predicted molar refractivity (Wildman–Crippen MR) is 97.9 cm³/mol. The molecule has 2 aromatic carbocycles. The van der Waals surface area contributed by atoms with Gasteiger partial charge in [0.05, 0.1) is 10.4 Å². The maximum Gasteiger partial charge on any atom is 0.268 e. The summed E-state index contributed by atoms with van der Waals surface area (Å²) in [7, 11) is -3.60. The summed E-state index contributed by atoms with van der Waals surface area (Å²) in [5.74, 6) is 0. The lowest BCUT2D eigenvalue weighted by Gasteiger charge is -2.10. The van der Waals surface area contributed by atoms with Gasteiger partial charge in [0.15, 0.2) is 0 Å². The molecule has 0 saturated heterocycles. The molecule has 0 aliphatic heterocycles. The molecular weight excluding hydrogens is 409 g/mol. The van der Waals surface area contributed by atoms with E-state index in [0.29, 0.717) is 4.90 Å². The smallest absolute Gasteiger partial charge is 0.238 e. The third-order valence-corrected chi connectivity index (χ3v) is 6.71. The second kappa shape index (κ2) is 5.38. The van der Waals surface area contributed by atoms with Gasteiger partial charge >= 0.3 is 0 Å². The summed E-state index contributed by atoms with van der Waals surface area (Å²) in [6.07, 6.45) is 0. The number of hydrogen-bond acceptors (Lipinski definition) is 2. The second-order valence-electron chi connectivity index (χ2n) is 5.43. The molecule has 1 aromatic heterocycles. The van der Waals surface area contributed by atoms with Crippen LogP contribution in [0.2, 0.25) is 0 Å². The summed E-state index contributed by atoms with van der Waals surface area (Å²) in [6.45, 7) is 5.78. The first-order valence-corrected chi connectivity index (χ1v) is 9.44. The van der Waals surface area contributed by atoms with Crippen LogP contribution in [-0.4, -0.2) is 12.4 Å². The molecule has 0 unspecified atom stereocenters. The van der Waals surface area contributed by atoms with Crippen LogP contribution in [0.4, 0.5) is 0 Å². The summed E-state index contributed by atoms with van der Waals surface area (Å²) in [6, 6.07) is 12.7. The van der Waals surface area contributed by atoms with Gasteiger partial charge in [-0.1, -0.05) is 23.8 Å². The van der Waals surface area contributed by atoms with Gasteiger partial charge in [-0.15, -0.1) is 0 Å². The average Bonchev–Trinajstić information content (AvgIpc) is 2.73. The molecule has 0 spiro atoms. The lowest BCUT2D eigenvalue weighted by atomic mass is 10.2. The third-order valence-electron chi connectivity index (χ3n) is 3.99. The monoisotopic (exact) mass is 425 g/mol. The van der Waals surface area contributed by atoms with Crippen molar-refractivity contribution in [2.24, 2.45) is 0 Å². The minimum absolute atomic E-state index is 0.317. The van der Waals surface area contributed by atoms with E-state index >= 15 is 0 Å². The van der Waals surface area contributed by atoms with E-state index in [2.05, 4.69) is 22.6 Å². The molecule has 3 aromatic rings. The van der Waals surface area contributed by atoms with E-state index in [1.807, 2.05) is 51.1 Å². The molecule has 3 nitrogen and oxygen atoms in total. The first-order valence-electron chi connectivity index (χ1n) is 6.92. The summed E-state index contributed by atoms with van der Waals surface area (Å²) in [4.78, 5) is 0.317. The lowest BCUT2D eigenvalue weighted by molar-refractivity contribution is 0.588. The number of nitrogens with zero attached hydrogens (tertiary/aromatic N) is 1. The summed E-state index contributed by atoms with van der Waals surface area (Å²) < 4.78 is 28.7. The number of fused-ring (bicyclic) bond motifs is 1. The minimum Gasteiger partial charge on any atom is -0.238 e. The predicted octanol–water partition coefficient (Wildman–Crippen LogP) is 4.41. The van der Waals surface area contributed by atoms with Gasteiger partial charge in [-0.25, -0.2) is 12.4 Å². The molecule has 0 fully saturated rings. The molecule has 0 aliphatic carbocycles. The van der Waals surface area contributed by atoms with Gasteiger partial charge in [0.25, 0.3) is 10.0 Å². The molecule has 0 aliphatic rings. The highest BCUT2D eigenvalue weighted by atomic mass is 127. The van der Waals surface area contributed by atoms with Crippen LogP contribution in [0.25, 0.3) is 10.9 Å². The summed E-state index contributed by atoms with van der Waals surface area (Å²) in [5.41, 5.74) is 3.55. The van der Waals surface area contributed by atoms with Crippen LogP contribution >= 0.6 is 22.6 Å². The van der Waals surface area contributed by atoms with Gasteiger partial charge in [0.2, 0.25) is 0 Å². The first-order chi connectivity index (χ1) is 10.3. The highest BCUT2D eigenvalue weighted by Crippen LogP contribution is 2.32. The molecule has 0 atom stereocenters. The van der Waals surface area contributed by atoms with Crippen LogP contribution in [-0.2, 0) is 10.0 Å². The Morgan fingerprint density at radius 3 is 2.23 bits per heavy atom.